The summed E-state index contributed by atoms with van der Waals surface area (Å²) in [7, 11) is 0. The monoisotopic (exact) mass is 352 g/mol. The lowest BCUT2D eigenvalue weighted by Crippen LogP contribution is -2.37. The number of rotatable bonds is 4. The summed E-state index contributed by atoms with van der Waals surface area (Å²) in [6, 6.07) is 5.32. The molecule has 0 aliphatic heterocycles. The third-order valence-electron chi connectivity index (χ3n) is 4.52. The van der Waals surface area contributed by atoms with Crippen LogP contribution in [0.5, 0.6) is 0 Å². The SMILES string of the molecule is O=C(NCc1ccnc(-n2cccn2)c1)[C@@H]1CCC[C@H](C(F)(F)F)C1. The van der Waals surface area contributed by atoms with Gasteiger partial charge in [0.05, 0.1) is 5.92 Å². The number of halogens is 3. The standard InChI is InChI=1S/C17H19F3N4O/c18-17(19,20)14-4-1-3-13(10-14)16(25)22-11-12-5-7-21-15(9-12)24-8-2-6-23-24/h2,5-9,13-14H,1,3-4,10-11H2,(H,22,25)/t13-,14+/m1/s1. The number of alkyl halides is 3. The lowest BCUT2D eigenvalue weighted by Gasteiger charge is -2.29. The molecule has 2 atom stereocenters. The van der Waals surface area contributed by atoms with E-state index in [2.05, 4.69) is 15.4 Å². The van der Waals surface area contributed by atoms with Crippen LogP contribution in [0.4, 0.5) is 13.2 Å². The van der Waals surface area contributed by atoms with Crippen LogP contribution in [0.2, 0.25) is 0 Å². The first-order chi connectivity index (χ1) is 11.9. The molecule has 2 heterocycles. The summed E-state index contributed by atoms with van der Waals surface area (Å²) in [6.07, 6.45) is 1.71. The highest BCUT2D eigenvalue weighted by Gasteiger charge is 2.43. The van der Waals surface area contributed by atoms with E-state index in [4.69, 9.17) is 0 Å². The molecule has 1 saturated carbocycles. The van der Waals surface area contributed by atoms with Gasteiger partial charge in [0.2, 0.25) is 5.91 Å². The highest BCUT2D eigenvalue weighted by Crippen LogP contribution is 2.39. The van der Waals surface area contributed by atoms with Gasteiger partial charge in [-0.2, -0.15) is 18.3 Å². The largest absolute Gasteiger partial charge is 0.391 e. The summed E-state index contributed by atoms with van der Waals surface area (Å²) in [6.45, 7) is 0.253. The Kier molecular flexibility index (Phi) is 5.06. The van der Waals surface area contributed by atoms with Crippen molar-refractivity contribution in [3.63, 3.8) is 0 Å². The summed E-state index contributed by atoms with van der Waals surface area (Å²) < 4.78 is 40.2. The zero-order chi connectivity index (χ0) is 17.9. The van der Waals surface area contributed by atoms with Gasteiger partial charge < -0.3 is 5.32 Å². The van der Waals surface area contributed by atoms with Gasteiger partial charge in [-0.15, -0.1) is 0 Å². The van der Waals surface area contributed by atoms with Gasteiger partial charge in [-0.05, 0) is 43.0 Å². The fourth-order valence-corrected chi connectivity index (χ4v) is 3.16. The van der Waals surface area contributed by atoms with Crippen LogP contribution in [0, 0.1) is 11.8 Å². The number of hydrogen-bond acceptors (Lipinski definition) is 3. The van der Waals surface area contributed by atoms with Crippen molar-refractivity contribution in [2.75, 3.05) is 0 Å². The van der Waals surface area contributed by atoms with Crippen molar-refractivity contribution in [1.82, 2.24) is 20.1 Å². The Morgan fingerprint density at radius 2 is 2.16 bits per heavy atom. The normalized spacial score (nSPS) is 21.1. The maximum absolute atomic E-state index is 12.9. The molecule has 8 heteroatoms. The van der Waals surface area contributed by atoms with Gasteiger partial charge in [0, 0.05) is 31.1 Å². The Labute approximate surface area is 143 Å². The predicted octanol–water partition coefficient (Wildman–Crippen LogP) is 3.25. The van der Waals surface area contributed by atoms with E-state index >= 15 is 0 Å². The molecule has 1 N–H and O–H groups in total. The fourth-order valence-electron chi connectivity index (χ4n) is 3.16. The summed E-state index contributed by atoms with van der Waals surface area (Å²) in [5, 5.41) is 6.84. The molecule has 1 fully saturated rings. The van der Waals surface area contributed by atoms with Gasteiger partial charge in [-0.3, -0.25) is 4.79 Å². The molecular formula is C17H19F3N4O. The van der Waals surface area contributed by atoms with Crippen molar-refractivity contribution in [3.05, 3.63) is 42.4 Å². The van der Waals surface area contributed by atoms with Crippen molar-refractivity contribution in [2.45, 2.75) is 38.4 Å². The number of carbonyl (C=O) groups excluding carboxylic acids is 1. The van der Waals surface area contributed by atoms with Crippen LogP contribution in [0.1, 0.15) is 31.2 Å². The minimum Gasteiger partial charge on any atom is -0.352 e. The highest BCUT2D eigenvalue weighted by atomic mass is 19.4. The molecule has 134 valence electrons. The number of nitrogens with zero attached hydrogens (tertiary/aromatic N) is 3. The summed E-state index contributed by atoms with van der Waals surface area (Å²) in [4.78, 5) is 16.4. The van der Waals surface area contributed by atoms with Crippen LogP contribution in [-0.2, 0) is 11.3 Å². The van der Waals surface area contributed by atoms with Crippen molar-refractivity contribution in [3.8, 4) is 5.82 Å². The van der Waals surface area contributed by atoms with E-state index in [1.54, 1.807) is 41.5 Å². The van der Waals surface area contributed by atoms with Gasteiger partial charge in [0.15, 0.2) is 5.82 Å². The third-order valence-corrected chi connectivity index (χ3v) is 4.52. The Hall–Kier alpha value is -2.38. The van der Waals surface area contributed by atoms with Crippen molar-refractivity contribution in [2.24, 2.45) is 11.8 Å². The zero-order valence-corrected chi connectivity index (χ0v) is 13.5. The van der Waals surface area contributed by atoms with E-state index in [-0.39, 0.29) is 25.3 Å². The molecule has 25 heavy (non-hydrogen) atoms. The second-order valence-corrected chi connectivity index (χ2v) is 6.29. The lowest BCUT2D eigenvalue weighted by atomic mass is 9.80. The van der Waals surface area contributed by atoms with Crippen LogP contribution in [0.25, 0.3) is 5.82 Å². The van der Waals surface area contributed by atoms with E-state index in [0.717, 1.165) is 5.56 Å². The average molecular weight is 352 g/mol. The molecule has 2 aromatic rings. The second kappa shape index (κ2) is 7.25. The first-order valence-corrected chi connectivity index (χ1v) is 8.23. The number of carbonyl (C=O) groups is 1. The minimum atomic E-state index is -4.22. The molecule has 1 amide bonds. The molecule has 1 aliphatic carbocycles. The first-order valence-electron chi connectivity index (χ1n) is 8.23. The van der Waals surface area contributed by atoms with Gasteiger partial charge in [0.25, 0.3) is 0 Å². The van der Waals surface area contributed by atoms with Crippen LogP contribution < -0.4 is 5.32 Å². The summed E-state index contributed by atoms with van der Waals surface area (Å²) in [5.41, 5.74) is 0.817. The van der Waals surface area contributed by atoms with Crippen molar-refractivity contribution in [1.29, 1.82) is 0 Å². The molecule has 0 bridgehead atoms. The third kappa shape index (κ3) is 4.37. The van der Waals surface area contributed by atoms with Crippen LogP contribution >= 0.6 is 0 Å². The smallest absolute Gasteiger partial charge is 0.352 e. The number of amides is 1. The van der Waals surface area contributed by atoms with E-state index in [0.29, 0.717) is 18.7 Å². The van der Waals surface area contributed by atoms with E-state index in [9.17, 15) is 18.0 Å². The van der Waals surface area contributed by atoms with Crippen LogP contribution in [-0.4, -0.2) is 26.8 Å². The molecule has 0 aromatic carbocycles. The number of hydrogen-bond donors (Lipinski definition) is 1. The Morgan fingerprint density at radius 1 is 1.32 bits per heavy atom. The maximum atomic E-state index is 12.9. The second-order valence-electron chi connectivity index (χ2n) is 6.29. The number of aromatic nitrogens is 3. The predicted molar refractivity (Wildman–Crippen MR) is 84.7 cm³/mol. The Balaban J connectivity index is 1.58. The highest BCUT2D eigenvalue weighted by molar-refractivity contribution is 5.78. The van der Waals surface area contributed by atoms with E-state index in [1.807, 2.05) is 0 Å². The van der Waals surface area contributed by atoms with Crippen molar-refractivity contribution < 1.29 is 18.0 Å². The van der Waals surface area contributed by atoms with E-state index in [1.165, 1.54) is 0 Å². The summed E-state index contributed by atoms with van der Waals surface area (Å²) in [5.74, 6) is -1.64. The first kappa shape index (κ1) is 17.4. The van der Waals surface area contributed by atoms with Gasteiger partial charge in [-0.25, -0.2) is 9.67 Å². The lowest BCUT2D eigenvalue weighted by molar-refractivity contribution is -0.186. The molecule has 1 aliphatic rings. The van der Waals surface area contributed by atoms with Crippen LogP contribution in [0.3, 0.4) is 0 Å². The molecule has 0 saturated heterocycles. The van der Waals surface area contributed by atoms with Crippen molar-refractivity contribution >= 4 is 5.91 Å². The Morgan fingerprint density at radius 3 is 2.88 bits per heavy atom. The molecule has 3 rings (SSSR count). The number of nitrogens with one attached hydrogen (secondary N) is 1. The minimum absolute atomic E-state index is 0.116. The maximum Gasteiger partial charge on any atom is 0.391 e. The zero-order valence-electron chi connectivity index (χ0n) is 13.5. The topological polar surface area (TPSA) is 59.8 Å². The van der Waals surface area contributed by atoms with Gasteiger partial charge >= 0.3 is 6.18 Å². The molecule has 0 spiro atoms. The molecule has 5 nitrogen and oxygen atoms in total. The van der Waals surface area contributed by atoms with Gasteiger partial charge in [-0.1, -0.05) is 6.42 Å². The summed E-state index contributed by atoms with van der Waals surface area (Å²) >= 11 is 0. The molecule has 2 aromatic heterocycles. The molecule has 0 radical (unpaired) electrons. The molecule has 0 unspecified atom stereocenters. The van der Waals surface area contributed by atoms with E-state index < -0.39 is 18.0 Å². The van der Waals surface area contributed by atoms with Crippen LogP contribution in [0.15, 0.2) is 36.8 Å². The molecular weight excluding hydrogens is 333 g/mol. The Bertz CT molecular complexity index is 715. The average Bonchev–Trinajstić information content (AvgIpc) is 3.14. The number of pyridine rings is 1. The fraction of sp³-hybridized carbons (Fsp3) is 0.471. The quantitative estimate of drug-likeness (QED) is 0.919. The van der Waals surface area contributed by atoms with Gasteiger partial charge in [0.1, 0.15) is 0 Å².